The van der Waals surface area contributed by atoms with Gasteiger partial charge in [0.25, 0.3) is 0 Å². The van der Waals surface area contributed by atoms with E-state index in [1.807, 2.05) is 37.3 Å². The lowest BCUT2D eigenvalue weighted by molar-refractivity contribution is -0.00683. The van der Waals surface area contributed by atoms with Crippen LogP contribution in [-0.2, 0) is 10.3 Å². The third-order valence-electron chi connectivity index (χ3n) is 5.46. The predicted molar refractivity (Wildman–Crippen MR) is 114 cm³/mol. The molecule has 0 aliphatic carbocycles. The Hall–Kier alpha value is -2.00. The third kappa shape index (κ3) is 3.44. The maximum atomic E-state index is 12.9. The van der Waals surface area contributed by atoms with Crippen LogP contribution in [0.1, 0.15) is 26.8 Å². The number of methoxy groups -OCH3 is 1. The van der Waals surface area contributed by atoms with Gasteiger partial charge in [0.1, 0.15) is 22.2 Å². The number of thioether (sulfide) groups is 1. The molecule has 5 rings (SSSR count). The molecule has 8 heteroatoms. The number of benzene rings is 1. The summed E-state index contributed by atoms with van der Waals surface area (Å²) in [6.07, 6.45) is 0.990. The van der Waals surface area contributed by atoms with Crippen LogP contribution in [0, 0.1) is 6.92 Å². The molecule has 2 aliphatic heterocycles. The van der Waals surface area contributed by atoms with Crippen molar-refractivity contribution in [2.45, 2.75) is 30.0 Å². The van der Waals surface area contributed by atoms with Gasteiger partial charge in [0, 0.05) is 29.3 Å². The topological polar surface area (TPSA) is 73.3 Å². The molecular weight excluding hydrogens is 406 g/mol. The van der Waals surface area contributed by atoms with E-state index in [4.69, 9.17) is 9.47 Å². The van der Waals surface area contributed by atoms with Crippen molar-refractivity contribution in [2.24, 2.45) is 0 Å². The zero-order chi connectivity index (χ0) is 20.0. The molecule has 2 aromatic heterocycles. The second kappa shape index (κ2) is 7.36. The summed E-state index contributed by atoms with van der Waals surface area (Å²) in [6.45, 7) is 3.44. The number of aryl methyl sites for hydroxylation is 1. The maximum Gasteiger partial charge on any atom is 0.183 e. The van der Waals surface area contributed by atoms with Crippen LogP contribution in [0.3, 0.4) is 0 Å². The lowest BCUT2D eigenvalue weighted by Crippen LogP contribution is -2.36. The average molecular weight is 428 g/mol. The minimum atomic E-state index is -0.239. The first-order valence-corrected chi connectivity index (χ1v) is 11.3. The van der Waals surface area contributed by atoms with Gasteiger partial charge in [-0.1, -0.05) is 11.8 Å². The lowest BCUT2D eigenvalue weighted by atomic mass is 10.0. The van der Waals surface area contributed by atoms with Gasteiger partial charge in [-0.05, 0) is 37.3 Å². The molecule has 1 N–H and O–H groups in total. The van der Waals surface area contributed by atoms with Crippen molar-refractivity contribution in [3.05, 3.63) is 45.9 Å². The van der Waals surface area contributed by atoms with E-state index in [1.165, 1.54) is 11.8 Å². The maximum absolute atomic E-state index is 12.9. The number of nitrogens with one attached hydrogen (secondary N) is 1. The summed E-state index contributed by atoms with van der Waals surface area (Å²) in [5.74, 6) is 1.88. The van der Waals surface area contributed by atoms with E-state index in [2.05, 4.69) is 15.3 Å². The number of carbonyl (C=O) groups excluding carboxylic acids is 1. The van der Waals surface area contributed by atoms with E-state index >= 15 is 0 Å². The molecule has 0 radical (unpaired) electrons. The van der Waals surface area contributed by atoms with Crippen molar-refractivity contribution in [3.8, 4) is 5.75 Å². The average Bonchev–Trinajstić information content (AvgIpc) is 3.47. The summed E-state index contributed by atoms with van der Waals surface area (Å²) >= 11 is 3.00. The summed E-state index contributed by atoms with van der Waals surface area (Å²) in [7, 11) is 1.64. The largest absolute Gasteiger partial charge is 0.497 e. The zero-order valence-electron chi connectivity index (χ0n) is 16.2. The van der Waals surface area contributed by atoms with Crippen molar-refractivity contribution in [1.29, 1.82) is 0 Å². The zero-order valence-corrected chi connectivity index (χ0v) is 17.9. The van der Waals surface area contributed by atoms with Crippen LogP contribution in [0.4, 0.5) is 0 Å². The first-order valence-electron chi connectivity index (χ1n) is 9.52. The first kappa shape index (κ1) is 19.0. The van der Waals surface area contributed by atoms with Gasteiger partial charge >= 0.3 is 0 Å². The number of fused-ring (bicyclic) bond motifs is 3. The van der Waals surface area contributed by atoms with E-state index < -0.39 is 0 Å². The van der Waals surface area contributed by atoms with Crippen LogP contribution in [0.25, 0.3) is 10.9 Å². The minimum Gasteiger partial charge on any atom is -0.497 e. The number of thiophene rings is 1. The molecule has 0 spiro atoms. The van der Waals surface area contributed by atoms with Gasteiger partial charge in [0.05, 0.1) is 29.9 Å². The quantitative estimate of drug-likeness (QED) is 0.366. The summed E-state index contributed by atoms with van der Waals surface area (Å²) in [5, 5.41) is 5.19. The molecule has 6 nitrogen and oxygen atoms in total. The number of hydrogen-bond acceptors (Lipinski definition) is 8. The van der Waals surface area contributed by atoms with Gasteiger partial charge in [-0.3, -0.25) is 4.79 Å². The van der Waals surface area contributed by atoms with Crippen molar-refractivity contribution in [3.63, 3.8) is 0 Å². The molecule has 2 aliphatic rings. The number of hydrogen-bond donors (Lipinski definition) is 1. The number of morpholine rings is 1. The van der Waals surface area contributed by atoms with Gasteiger partial charge in [0.15, 0.2) is 5.78 Å². The van der Waals surface area contributed by atoms with E-state index in [0.717, 1.165) is 51.0 Å². The second-order valence-electron chi connectivity index (χ2n) is 7.42. The van der Waals surface area contributed by atoms with E-state index in [0.29, 0.717) is 17.6 Å². The number of Topliss-reactive ketones (excluding diaryl/α,β-unsaturated/α-hetero) is 1. The third-order valence-corrected chi connectivity index (χ3v) is 7.77. The smallest absolute Gasteiger partial charge is 0.183 e. The van der Waals surface area contributed by atoms with E-state index in [-0.39, 0.29) is 11.4 Å². The molecule has 2 fully saturated rings. The number of carbonyl (C=O) groups is 1. The Bertz CT molecular complexity index is 1090. The van der Waals surface area contributed by atoms with Gasteiger partial charge in [0.2, 0.25) is 0 Å². The fourth-order valence-electron chi connectivity index (χ4n) is 3.96. The molecular formula is C21H21N3O3S2. The van der Waals surface area contributed by atoms with Gasteiger partial charge in [-0.2, -0.15) is 0 Å². The Morgan fingerprint density at radius 3 is 3.00 bits per heavy atom. The normalized spacial score (nSPS) is 23.0. The molecule has 150 valence electrons. The molecule has 1 aromatic carbocycles. The molecule has 2 bridgehead atoms. The fourth-order valence-corrected chi connectivity index (χ4v) is 6.09. The Labute approximate surface area is 177 Å². The molecule has 29 heavy (non-hydrogen) atoms. The van der Waals surface area contributed by atoms with Gasteiger partial charge in [-0.15, -0.1) is 11.3 Å². The Morgan fingerprint density at radius 2 is 2.28 bits per heavy atom. The van der Waals surface area contributed by atoms with Crippen molar-refractivity contribution in [1.82, 2.24) is 15.3 Å². The number of ether oxygens (including phenoxy) is 2. The highest BCUT2D eigenvalue weighted by atomic mass is 32.2. The number of ketones is 1. The van der Waals surface area contributed by atoms with Gasteiger partial charge in [-0.25, -0.2) is 9.97 Å². The molecule has 0 unspecified atom stereocenters. The number of rotatable bonds is 6. The Balaban J connectivity index is 1.35. The van der Waals surface area contributed by atoms with Crippen molar-refractivity contribution >= 4 is 39.8 Å². The van der Waals surface area contributed by atoms with E-state index in [9.17, 15) is 4.79 Å². The van der Waals surface area contributed by atoms with Crippen LogP contribution in [0.2, 0.25) is 0 Å². The molecule has 0 amide bonds. The van der Waals surface area contributed by atoms with Crippen LogP contribution < -0.4 is 10.1 Å². The molecule has 2 saturated heterocycles. The summed E-state index contributed by atoms with van der Waals surface area (Å²) < 4.78 is 11.4. The molecule has 4 heterocycles. The first-order chi connectivity index (χ1) is 14.1. The van der Waals surface area contributed by atoms with Crippen LogP contribution in [-0.4, -0.2) is 47.8 Å². The summed E-state index contributed by atoms with van der Waals surface area (Å²) in [5.41, 5.74) is 0.616. The standard InChI is InChI=1S/C21H21N3O3S2/c1-12-23-16-4-3-14(26-2)7-15(16)20(24-12)28-10-17(25)18-5-6-19(29-18)21-8-13(9-27-21)22-11-21/h3-7,13,22H,8-11H2,1-2H3/t13-,21-/m1/s1. The summed E-state index contributed by atoms with van der Waals surface area (Å²) in [4.78, 5) is 23.8. The van der Waals surface area contributed by atoms with Crippen LogP contribution in [0.5, 0.6) is 5.75 Å². The number of aromatic nitrogens is 2. The van der Waals surface area contributed by atoms with Crippen LogP contribution >= 0.6 is 23.1 Å². The predicted octanol–water partition coefficient (Wildman–Crippen LogP) is 3.57. The molecule has 2 atom stereocenters. The fraction of sp³-hybridized carbons (Fsp3) is 0.381. The molecule has 3 aromatic rings. The Morgan fingerprint density at radius 1 is 1.38 bits per heavy atom. The van der Waals surface area contributed by atoms with Crippen molar-refractivity contribution < 1.29 is 14.3 Å². The van der Waals surface area contributed by atoms with Crippen molar-refractivity contribution in [2.75, 3.05) is 26.0 Å². The lowest BCUT2D eigenvalue weighted by Gasteiger charge is -2.25. The minimum absolute atomic E-state index is 0.107. The second-order valence-corrected chi connectivity index (χ2v) is 9.47. The van der Waals surface area contributed by atoms with Crippen LogP contribution in [0.15, 0.2) is 35.4 Å². The summed E-state index contributed by atoms with van der Waals surface area (Å²) in [6, 6.07) is 10.1. The highest BCUT2D eigenvalue weighted by Gasteiger charge is 2.48. The SMILES string of the molecule is COc1ccc2nc(C)nc(SCC(=O)c3ccc([C@@]45CN[C@@H](CO4)C5)s3)c2c1. The Kier molecular flexibility index (Phi) is 4.82. The number of nitrogens with zero attached hydrogens (tertiary/aromatic N) is 2. The highest BCUT2D eigenvalue weighted by Crippen LogP contribution is 2.43. The van der Waals surface area contributed by atoms with E-state index in [1.54, 1.807) is 18.4 Å². The highest BCUT2D eigenvalue weighted by molar-refractivity contribution is 8.00. The molecule has 0 saturated carbocycles. The monoisotopic (exact) mass is 427 g/mol. The van der Waals surface area contributed by atoms with Gasteiger partial charge < -0.3 is 14.8 Å².